The fourth-order valence-electron chi connectivity index (χ4n) is 14.0. The summed E-state index contributed by atoms with van der Waals surface area (Å²) in [6, 6.07) is 96.8. The van der Waals surface area contributed by atoms with Crippen molar-refractivity contribution in [2.45, 2.75) is 26.2 Å². The molecular formula is C82H59BN4. The lowest BCUT2D eigenvalue weighted by atomic mass is 9.33. The molecule has 0 spiro atoms. The highest BCUT2D eigenvalue weighted by atomic mass is 15.2. The van der Waals surface area contributed by atoms with Gasteiger partial charge in [-0.2, -0.15) is 0 Å². The van der Waals surface area contributed by atoms with Crippen molar-refractivity contribution in [1.82, 2.24) is 9.13 Å². The number of aromatic nitrogens is 2. The second-order valence-electron chi connectivity index (χ2n) is 24.1. The summed E-state index contributed by atoms with van der Waals surface area (Å²) in [6.07, 6.45) is 0. The van der Waals surface area contributed by atoms with Crippen molar-refractivity contribution in [1.29, 1.82) is 0 Å². The van der Waals surface area contributed by atoms with Crippen LogP contribution in [0.5, 0.6) is 0 Å². The Morgan fingerprint density at radius 2 is 0.747 bits per heavy atom. The van der Waals surface area contributed by atoms with Crippen molar-refractivity contribution >= 4 is 101 Å². The van der Waals surface area contributed by atoms with Crippen LogP contribution in [0.15, 0.2) is 303 Å². The summed E-state index contributed by atoms with van der Waals surface area (Å²) >= 11 is 0. The fourth-order valence-corrected chi connectivity index (χ4v) is 14.0. The van der Waals surface area contributed by atoms with Gasteiger partial charge in [-0.25, -0.2) is 0 Å². The van der Waals surface area contributed by atoms with E-state index in [-0.39, 0.29) is 41.9 Å². The van der Waals surface area contributed by atoms with Crippen LogP contribution in [-0.4, -0.2) is 15.8 Å². The number of para-hydroxylation sites is 3. The summed E-state index contributed by atoms with van der Waals surface area (Å²) in [5.74, 6) is 0. The van der Waals surface area contributed by atoms with Crippen molar-refractivity contribution in [3.05, 3.63) is 309 Å². The first kappa shape index (κ1) is 45.5. The summed E-state index contributed by atoms with van der Waals surface area (Å²) in [7, 11) is 0. The van der Waals surface area contributed by atoms with Crippen LogP contribution >= 0.6 is 0 Å². The van der Waals surface area contributed by atoms with Crippen LogP contribution in [0.2, 0.25) is 0 Å². The maximum absolute atomic E-state index is 9.36. The molecule has 0 unspecified atom stereocenters. The van der Waals surface area contributed by atoms with Gasteiger partial charge in [-0.1, -0.05) is 227 Å². The molecule has 0 saturated heterocycles. The Kier molecular flexibility index (Phi) is 10.4. The molecule has 0 N–H and O–H groups in total. The molecule has 17 rings (SSSR count). The van der Waals surface area contributed by atoms with E-state index in [1.165, 1.54) is 10.8 Å². The molecule has 0 radical (unpaired) electrons. The lowest BCUT2D eigenvalue weighted by Gasteiger charge is -2.45. The van der Waals surface area contributed by atoms with Gasteiger partial charge in [0.05, 0.1) is 28.9 Å². The van der Waals surface area contributed by atoms with Crippen molar-refractivity contribution < 1.29 is 6.85 Å². The van der Waals surface area contributed by atoms with Gasteiger partial charge in [-0.15, -0.1) is 0 Å². The van der Waals surface area contributed by atoms with Crippen LogP contribution in [-0.2, 0) is 5.41 Å². The van der Waals surface area contributed by atoms with Gasteiger partial charge in [0.2, 0.25) is 0 Å². The quantitative estimate of drug-likeness (QED) is 0.141. The van der Waals surface area contributed by atoms with Crippen LogP contribution in [0.4, 0.5) is 34.1 Å². The zero-order chi connectivity index (χ0) is 62.3. The SMILES string of the molecule is [2H]c1c([2H])c([2H])c(-c2ccc3c(c2)N(c2cc(-c4ccccc4)cc(-c4ccccc4)c2)c2cc(C(C)(C)C)cc4c2B3c2ccc(-n3c5ccccc5c5cc(-n6c7ccccc7c7ccccc76)ccc53)cc2N4c2cccc(-c3ccccc3)c2)c([2H])c1[2H]. The van der Waals surface area contributed by atoms with Gasteiger partial charge in [-0.3, -0.25) is 0 Å². The number of anilines is 6. The minimum atomic E-state index is -0.423. The molecule has 15 aromatic rings. The molecule has 0 atom stereocenters. The Morgan fingerprint density at radius 3 is 1.33 bits per heavy atom. The summed E-state index contributed by atoms with van der Waals surface area (Å²) in [4.78, 5) is 4.89. The Hall–Kier alpha value is -10.9. The number of hydrogen-bond donors (Lipinski definition) is 0. The number of benzene rings is 13. The summed E-state index contributed by atoms with van der Waals surface area (Å²) < 4.78 is 49.9. The molecular weight excluding hydrogens is 1050 g/mol. The second-order valence-corrected chi connectivity index (χ2v) is 24.1. The van der Waals surface area contributed by atoms with Gasteiger partial charge in [0.1, 0.15) is 0 Å². The lowest BCUT2D eigenvalue weighted by Crippen LogP contribution is -2.61. The molecule has 0 bridgehead atoms. The number of hydrogen-bond acceptors (Lipinski definition) is 2. The Morgan fingerprint density at radius 1 is 0.299 bits per heavy atom. The second kappa shape index (κ2) is 19.9. The monoisotopic (exact) mass is 1120 g/mol. The molecule has 87 heavy (non-hydrogen) atoms. The largest absolute Gasteiger partial charge is 0.311 e. The molecule has 4 heterocycles. The Bertz CT molecular complexity index is 5400. The van der Waals surface area contributed by atoms with Crippen LogP contribution in [0.25, 0.3) is 99.5 Å². The van der Waals surface area contributed by atoms with E-state index in [9.17, 15) is 2.74 Å². The molecule has 5 heteroatoms. The summed E-state index contributed by atoms with van der Waals surface area (Å²) in [6.45, 7) is 6.52. The fraction of sp³-hybridized carbons (Fsp3) is 0.0488. The zero-order valence-electron chi connectivity index (χ0n) is 53.3. The van der Waals surface area contributed by atoms with Crippen molar-refractivity contribution in [2.24, 2.45) is 0 Å². The van der Waals surface area contributed by atoms with E-state index in [2.05, 4.69) is 294 Å². The van der Waals surface area contributed by atoms with Gasteiger partial charge >= 0.3 is 0 Å². The molecule has 2 aromatic heterocycles. The molecule has 0 amide bonds. The van der Waals surface area contributed by atoms with E-state index >= 15 is 0 Å². The molecule has 0 fully saturated rings. The molecule has 13 aromatic carbocycles. The molecule has 410 valence electrons. The minimum absolute atomic E-state index is 0.156. The van der Waals surface area contributed by atoms with E-state index in [1.54, 1.807) is 0 Å². The average molecular weight is 1120 g/mol. The highest BCUT2D eigenvalue weighted by Crippen LogP contribution is 2.49. The Balaban J connectivity index is 0.955. The van der Waals surface area contributed by atoms with Crippen LogP contribution < -0.4 is 26.2 Å². The van der Waals surface area contributed by atoms with E-state index in [4.69, 9.17) is 4.11 Å². The third-order valence-electron chi connectivity index (χ3n) is 18.1. The normalized spacial score (nSPS) is 13.5. The third kappa shape index (κ3) is 8.22. The standard InChI is InChI=1S/C82H59BN4/c1-82(2,3)62-50-79-81-80(51-62)87(66-47-60(56-27-12-6-13-28-56)45-61(48-66)57-29-14-7-15-30-57)77-49-59(55-25-10-5-11-26-55)39-42-71(77)83(81)72-43-40-65(53-78(72)86(79)63-32-22-31-58(46-63)54-23-8-4-9-24-54)85-75-38-21-18-35-69(75)70-52-64(41-44-76(70)85)84-73-36-19-16-33-67(73)68-34-17-20-37-74(68)84/h4-53H,1-3H3/i5D,10D,11D,25D,26D. The number of nitrogens with zero attached hydrogens (tertiary/aromatic N) is 4. The van der Waals surface area contributed by atoms with E-state index in [0.29, 0.717) is 5.56 Å². The minimum Gasteiger partial charge on any atom is -0.311 e. The predicted molar refractivity (Wildman–Crippen MR) is 370 cm³/mol. The Labute approximate surface area is 514 Å². The smallest absolute Gasteiger partial charge is 0.252 e. The van der Waals surface area contributed by atoms with Crippen molar-refractivity contribution in [3.63, 3.8) is 0 Å². The lowest BCUT2D eigenvalue weighted by molar-refractivity contribution is 0.590. The molecule has 0 saturated carbocycles. The predicted octanol–water partition coefficient (Wildman–Crippen LogP) is 19.9. The summed E-state index contributed by atoms with van der Waals surface area (Å²) in [5.41, 5.74) is 23.7. The van der Waals surface area contributed by atoms with Gasteiger partial charge < -0.3 is 18.9 Å². The zero-order valence-corrected chi connectivity index (χ0v) is 48.3. The van der Waals surface area contributed by atoms with E-state index in [1.807, 2.05) is 18.2 Å². The summed E-state index contributed by atoms with van der Waals surface area (Å²) in [5, 5.41) is 4.75. The molecule has 4 nitrogen and oxygen atoms in total. The first-order chi connectivity index (χ1) is 44.9. The third-order valence-corrected chi connectivity index (χ3v) is 18.1. The first-order valence-corrected chi connectivity index (χ1v) is 29.9. The van der Waals surface area contributed by atoms with Crippen LogP contribution in [0.3, 0.4) is 0 Å². The number of rotatable bonds is 8. The first-order valence-electron chi connectivity index (χ1n) is 32.4. The van der Waals surface area contributed by atoms with Crippen molar-refractivity contribution in [2.75, 3.05) is 9.80 Å². The van der Waals surface area contributed by atoms with Crippen LogP contribution in [0, 0.1) is 0 Å². The molecule has 2 aliphatic heterocycles. The maximum atomic E-state index is 9.36. The molecule has 2 aliphatic rings. The van der Waals surface area contributed by atoms with Gasteiger partial charge in [-0.05, 0) is 169 Å². The van der Waals surface area contributed by atoms with Crippen molar-refractivity contribution in [3.8, 4) is 55.9 Å². The van der Waals surface area contributed by atoms with E-state index < -0.39 is 6.04 Å². The molecule has 0 aliphatic carbocycles. The average Bonchev–Trinajstić information content (AvgIpc) is 0.849. The van der Waals surface area contributed by atoms with Gasteiger partial charge in [0, 0.05) is 67.0 Å². The van der Waals surface area contributed by atoms with Gasteiger partial charge in [0.15, 0.2) is 0 Å². The van der Waals surface area contributed by atoms with Gasteiger partial charge in [0.25, 0.3) is 6.71 Å². The maximum Gasteiger partial charge on any atom is 0.252 e. The topological polar surface area (TPSA) is 16.3 Å². The highest BCUT2D eigenvalue weighted by Gasteiger charge is 2.45. The van der Waals surface area contributed by atoms with E-state index in [0.717, 1.165) is 134 Å². The van der Waals surface area contributed by atoms with Crippen LogP contribution in [0.1, 0.15) is 33.2 Å². The highest BCUT2D eigenvalue weighted by molar-refractivity contribution is 7.00. The number of fused-ring (bicyclic) bond motifs is 10.